The number of hydrogen-bond donors (Lipinski definition) is 2. The van der Waals surface area contributed by atoms with Crippen molar-refractivity contribution in [2.45, 2.75) is 55.5 Å². The monoisotopic (exact) mass is 383 g/mol. The molecular weight excluding hydrogens is 357 g/mol. The fourth-order valence-corrected chi connectivity index (χ4v) is 5.13. The van der Waals surface area contributed by atoms with Crippen LogP contribution in [0.15, 0.2) is 29.2 Å². The minimum atomic E-state index is -3.68. The van der Waals surface area contributed by atoms with E-state index in [0.717, 1.165) is 31.4 Å². The second kappa shape index (κ2) is 8.02. The number of benzene rings is 1. The van der Waals surface area contributed by atoms with Gasteiger partial charge >= 0.3 is 0 Å². The maximum Gasteiger partial charge on any atom is 0.240 e. The molecule has 0 radical (unpaired) electrons. The predicted molar refractivity (Wildman–Crippen MR) is 96.3 cm³/mol. The van der Waals surface area contributed by atoms with Gasteiger partial charge in [-0.2, -0.15) is 0 Å². The minimum Gasteiger partial charge on any atom is -0.343 e. The highest BCUT2D eigenvalue weighted by Gasteiger charge is 2.30. The summed E-state index contributed by atoms with van der Waals surface area (Å²) in [7, 11) is -3.68. The van der Waals surface area contributed by atoms with Crippen LogP contribution >= 0.6 is 0 Å². The topological polar surface area (TPSA) is 92.5 Å². The number of sulfonamides is 1. The van der Waals surface area contributed by atoms with Crippen LogP contribution in [-0.2, 0) is 14.8 Å². The lowest BCUT2D eigenvalue weighted by atomic mass is 9.98. The number of carbonyl (C=O) groups is 1. The zero-order chi connectivity index (χ0) is 18.7. The summed E-state index contributed by atoms with van der Waals surface area (Å²) in [5.74, 6) is -0.0813. The van der Waals surface area contributed by atoms with Gasteiger partial charge in [0.1, 0.15) is 5.82 Å². The number of rotatable bonds is 5. The highest BCUT2D eigenvalue weighted by molar-refractivity contribution is 7.89. The van der Waals surface area contributed by atoms with Gasteiger partial charge in [0.25, 0.3) is 0 Å². The fourth-order valence-electron chi connectivity index (χ4n) is 3.82. The van der Waals surface area contributed by atoms with Crippen molar-refractivity contribution in [3.63, 3.8) is 0 Å². The van der Waals surface area contributed by atoms with Crippen LogP contribution in [0.2, 0.25) is 0 Å². The summed E-state index contributed by atoms with van der Waals surface area (Å²) >= 11 is 0. The Morgan fingerprint density at radius 1 is 1.15 bits per heavy atom. The van der Waals surface area contributed by atoms with E-state index >= 15 is 0 Å². The van der Waals surface area contributed by atoms with Crippen LogP contribution in [0.5, 0.6) is 0 Å². The molecule has 1 aromatic carbocycles. The molecule has 8 heteroatoms. The molecule has 144 valence electrons. The van der Waals surface area contributed by atoms with Gasteiger partial charge in [0, 0.05) is 31.6 Å². The summed E-state index contributed by atoms with van der Waals surface area (Å²) in [6, 6.07) is 4.66. The zero-order valence-corrected chi connectivity index (χ0v) is 15.6. The van der Waals surface area contributed by atoms with Crippen molar-refractivity contribution in [2.24, 2.45) is 11.7 Å². The van der Waals surface area contributed by atoms with E-state index in [4.69, 9.17) is 5.73 Å². The largest absolute Gasteiger partial charge is 0.343 e. The number of nitrogens with zero attached hydrogens (tertiary/aromatic N) is 1. The Hall–Kier alpha value is -1.51. The van der Waals surface area contributed by atoms with Crippen molar-refractivity contribution in [3.8, 4) is 0 Å². The maximum atomic E-state index is 13.0. The van der Waals surface area contributed by atoms with E-state index in [2.05, 4.69) is 4.72 Å². The van der Waals surface area contributed by atoms with E-state index in [-0.39, 0.29) is 28.8 Å². The van der Waals surface area contributed by atoms with Gasteiger partial charge in [0.05, 0.1) is 4.90 Å². The first-order chi connectivity index (χ1) is 12.3. The van der Waals surface area contributed by atoms with E-state index in [1.807, 2.05) is 4.90 Å². The van der Waals surface area contributed by atoms with Crippen LogP contribution in [0, 0.1) is 11.7 Å². The summed E-state index contributed by atoms with van der Waals surface area (Å²) in [5.41, 5.74) is 6.04. The third-order valence-corrected chi connectivity index (χ3v) is 6.98. The normalized spacial score (nSPS) is 24.8. The average Bonchev–Trinajstić information content (AvgIpc) is 3.00. The molecule has 1 aromatic rings. The van der Waals surface area contributed by atoms with E-state index in [0.29, 0.717) is 32.4 Å². The number of piperidine rings is 1. The Morgan fingerprint density at radius 2 is 1.81 bits per heavy atom. The number of nitrogens with two attached hydrogens (primary N) is 1. The lowest BCUT2D eigenvalue weighted by molar-refractivity contribution is -0.133. The minimum absolute atomic E-state index is 0.0487. The smallest absolute Gasteiger partial charge is 0.240 e. The molecule has 3 N–H and O–H groups in total. The number of halogens is 1. The summed E-state index contributed by atoms with van der Waals surface area (Å²) < 4.78 is 40.4. The van der Waals surface area contributed by atoms with Crippen molar-refractivity contribution in [3.05, 3.63) is 30.1 Å². The average molecular weight is 383 g/mol. The van der Waals surface area contributed by atoms with Crippen LogP contribution in [-0.4, -0.2) is 44.4 Å². The van der Waals surface area contributed by atoms with Crippen LogP contribution in [0.1, 0.15) is 38.5 Å². The number of carbonyl (C=O) groups excluding carboxylic acids is 1. The zero-order valence-electron chi connectivity index (χ0n) is 14.7. The van der Waals surface area contributed by atoms with Crippen molar-refractivity contribution in [1.29, 1.82) is 0 Å². The van der Waals surface area contributed by atoms with E-state index < -0.39 is 15.8 Å². The van der Waals surface area contributed by atoms with Crippen LogP contribution in [0.3, 0.4) is 0 Å². The first-order valence-electron chi connectivity index (χ1n) is 9.16. The van der Waals surface area contributed by atoms with Gasteiger partial charge in [0.2, 0.25) is 15.9 Å². The highest BCUT2D eigenvalue weighted by atomic mass is 32.2. The van der Waals surface area contributed by atoms with Crippen LogP contribution < -0.4 is 10.5 Å². The standard InChI is InChI=1S/C18H26FN3O3S/c19-14-4-6-16(7-5-14)26(24,25)21-15-8-10-22(11-9-15)18(23)12-13-2-1-3-17(13)20/h4-7,13,15,17,21H,1-3,8-12,20H2/t13-,17+/m0/s1. The molecule has 0 unspecified atom stereocenters. The van der Waals surface area contributed by atoms with Crippen molar-refractivity contribution >= 4 is 15.9 Å². The molecule has 2 fully saturated rings. The molecular formula is C18H26FN3O3S. The van der Waals surface area contributed by atoms with Gasteiger partial charge in [-0.25, -0.2) is 17.5 Å². The number of hydrogen-bond acceptors (Lipinski definition) is 4. The second-order valence-corrected chi connectivity index (χ2v) is 9.00. The van der Waals surface area contributed by atoms with Gasteiger partial charge < -0.3 is 10.6 Å². The van der Waals surface area contributed by atoms with Gasteiger partial charge in [-0.15, -0.1) is 0 Å². The molecule has 1 saturated carbocycles. The van der Waals surface area contributed by atoms with Crippen molar-refractivity contribution in [1.82, 2.24) is 9.62 Å². The molecule has 3 rings (SSSR count). The van der Waals surface area contributed by atoms with Gasteiger partial charge in [-0.1, -0.05) is 6.42 Å². The molecule has 1 aliphatic carbocycles. The molecule has 0 spiro atoms. The first-order valence-corrected chi connectivity index (χ1v) is 10.6. The fraction of sp³-hybridized carbons (Fsp3) is 0.611. The second-order valence-electron chi connectivity index (χ2n) is 7.29. The molecule has 1 heterocycles. The molecule has 0 bridgehead atoms. The van der Waals surface area contributed by atoms with Crippen molar-refractivity contribution < 1.29 is 17.6 Å². The number of nitrogens with one attached hydrogen (secondary N) is 1. The summed E-state index contributed by atoms with van der Waals surface area (Å²) in [6.45, 7) is 1.08. The van der Waals surface area contributed by atoms with E-state index in [1.54, 1.807) is 0 Å². The van der Waals surface area contributed by atoms with Gasteiger partial charge in [0.15, 0.2) is 0 Å². The molecule has 0 aromatic heterocycles. The summed E-state index contributed by atoms with van der Waals surface area (Å²) in [6.07, 6.45) is 4.73. The SMILES string of the molecule is N[C@@H]1CCC[C@H]1CC(=O)N1CCC(NS(=O)(=O)c2ccc(F)cc2)CC1. The first kappa shape index (κ1) is 19.3. The van der Waals surface area contributed by atoms with Crippen molar-refractivity contribution in [2.75, 3.05) is 13.1 Å². The molecule has 1 saturated heterocycles. The molecule has 2 atom stereocenters. The van der Waals surface area contributed by atoms with Crippen LogP contribution in [0.25, 0.3) is 0 Å². The number of amides is 1. The molecule has 1 aliphatic heterocycles. The summed E-state index contributed by atoms with van der Waals surface area (Å²) in [4.78, 5) is 14.3. The molecule has 1 amide bonds. The highest BCUT2D eigenvalue weighted by Crippen LogP contribution is 2.28. The Morgan fingerprint density at radius 3 is 2.38 bits per heavy atom. The lowest BCUT2D eigenvalue weighted by Crippen LogP contribution is -2.47. The summed E-state index contributed by atoms with van der Waals surface area (Å²) in [5, 5.41) is 0. The maximum absolute atomic E-state index is 13.0. The van der Waals surface area contributed by atoms with Crippen LogP contribution in [0.4, 0.5) is 4.39 Å². The molecule has 2 aliphatic rings. The Kier molecular flexibility index (Phi) is 5.94. The third-order valence-electron chi connectivity index (χ3n) is 5.45. The molecule has 26 heavy (non-hydrogen) atoms. The molecule has 6 nitrogen and oxygen atoms in total. The number of likely N-dealkylation sites (tertiary alicyclic amines) is 1. The Bertz CT molecular complexity index is 731. The van der Waals surface area contributed by atoms with Gasteiger partial charge in [-0.3, -0.25) is 4.79 Å². The predicted octanol–water partition coefficient (Wildman–Crippen LogP) is 1.61. The van der Waals surface area contributed by atoms with E-state index in [9.17, 15) is 17.6 Å². The lowest BCUT2D eigenvalue weighted by Gasteiger charge is -2.33. The Balaban J connectivity index is 1.50. The third kappa shape index (κ3) is 4.61. The van der Waals surface area contributed by atoms with E-state index in [1.165, 1.54) is 12.1 Å². The quantitative estimate of drug-likeness (QED) is 0.808. The Labute approximate surface area is 154 Å². The van der Waals surface area contributed by atoms with Gasteiger partial charge in [-0.05, 0) is 55.9 Å².